The molecule has 0 bridgehead atoms. The highest BCUT2D eigenvalue weighted by atomic mass is 19.3. The van der Waals surface area contributed by atoms with Crippen LogP contribution < -0.4 is 9.47 Å². The molecule has 7 nitrogen and oxygen atoms in total. The molecule has 0 atom stereocenters. The standard InChI is InChI=1S/C22H22F2N2O5/c1-5-29-17-10-14(7-8-16(17)31-22(23)24)9-15(11-25)20(27)19-12(3)18(13(4)26-19)21(28)30-6-2/h7-10,22,26H,5-6H2,1-4H3. The van der Waals surface area contributed by atoms with Crippen molar-refractivity contribution >= 4 is 17.8 Å². The zero-order valence-electron chi connectivity index (χ0n) is 17.5. The van der Waals surface area contributed by atoms with E-state index in [0.29, 0.717) is 16.8 Å². The number of ether oxygens (including phenoxy) is 3. The van der Waals surface area contributed by atoms with Crippen LogP contribution in [0.5, 0.6) is 11.5 Å². The lowest BCUT2D eigenvalue weighted by atomic mass is 10.0. The van der Waals surface area contributed by atoms with E-state index < -0.39 is 18.4 Å². The van der Waals surface area contributed by atoms with Crippen LogP contribution in [0.1, 0.15) is 51.5 Å². The highest BCUT2D eigenvalue weighted by Crippen LogP contribution is 2.31. The first kappa shape index (κ1) is 23.6. The number of ketones is 1. The molecule has 0 radical (unpaired) electrons. The van der Waals surface area contributed by atoms with Gasteiger partial charge in [0.15, 0.2) is 11.5 Å². The molecule has 1 aromatic heterocycles. The molecule has 0 saturated carbocycles. The Hall–Kier alpha value is -3.67. The molecule has 0 spiro atoms. The Labute approximate surface area is 178 Å². The van der Waals surface area contributed by atoms with E-state index in [1.165, 1.54) is 24.3 Å². The van der Waals surface area contributed by atoms with Crippen LogP contribution in [-0.2, 0) is 4.74 Å². The van der Waals surface area contributed by atoms with Crippen molar-refractivity contribution in [2.75, 3.05) is 13.2 Å². The number of aromatic nitrogens is 1. The molecule has 1 N–H and O–H groups in total. The van der Waals surface area contributed by atoms with E-state index >= 15 is 0 Å². The zero-order chi connectivity index (χ0) is 23.1. The number of hydrogen-bond acceptors (Lipinski definition) is 6. The summed E-state index contributed by atoms with van der Waals surface area (Å²) in [5, 5.41) is 9.53. The average molecular weight is 432 g/mol. The number of esters is 1. The Morgan fingerprint density at radius 3 is 2.48 bits per heavy atom. The van der Waals surface area contributed by atoms with Gasteiger partial charge < -0.3 is 19.2 Å². The van der Waals surface area contributed by atoms with Gasteiger partial charge in [0.1, 0.15) is 11.6 Å². The van der Waals surface area contributed by atoms with Crippen LogP contribution in [0.2, 0.25) is 0 Å². The number of nitrogens with zero attached hydrogens (tertiary/aromatic N) is 1. The summed E-state index contributed by atoms with van der Waals surface area (Å²) in [5.41, 5.74) is 1.32. The molecule has 0 fully saturated rings. The molecule has 0 aliphatic heterocycles. The number of carbonyl (C=O) groups excluding carboxylic acids is 2. The molecule has 0 unspecified atom stereocenters. The fraction of sp³-hybridized carbons (Fsp3) is 0.318. The van der Waals surface area contributed by atoms with Crippen molar-refractivity contribution in [2.45, 2.75) is 34.3 Å². The first-order chi connectivity index (χ1) is 14.7. The molecule has 0 aliphatic carbocycles. The monoisotopic (exact) mass is 432 g/mol. The summed E-state index contributed by atoms with van der Waals surface area (Å²) in [4.78, 5) is 27.9. The van der Waals surface area contributed by atoms with Crippen molar-refractivity contribution < 1.29 is 32.6 Å². The number of hydrogen-bond donors (Lipinski definition) is 1. The Bertz CT molecular complexity index is 1050. The predicted octanol–water partition coefficient (Wildman–Crippen LogP) is 4.60. The minimum Gasteiger partial charge on any atom is -0.490 e. The van der Waals surface area contributed by atoms with Crippen molar-refractivity contribution in [3.63, 3.8) is 0 Å². The lowest BCUT2D eigenvalue weighted by molar-refractivity contribution is -0.0514. The van der Waals surface area contributed by atoms with Crippen LogP contribution in [0.4, 0.5) is 8.78 Å². The van der Waals surface area contributed by atoms with Gasteiger partial charge in [0, 0.05) is 5.69 Å². The molecule has 0 aliphatic rings. The molecule has 9 heteroatoms. The van der Waals surface area contributed by atoms with Gasteiger partial charge in [-0.15, -0.1) is 0 Å². The molecule has 164 valence electrons. The van der Waals surface area contributed by atoms with E-state index in [1.54, 1.807) is 27.7 Å². The number of allylic oxidation sites excluding steroid dienone is 1. The summed E-state index contributed by atoms with van der Waals surface area (Å²) >= 11 is 0. The Morgan fingerprint density at radius 1 is 1.19 bits per heavy atom. The number of rotatable bonds is 9. The van der Waals surface area contributed by atoms with Gasteiger partial charge in [0.25, 0.3) is 0 Å². The fourth-order valence-corrected chi connectivity index (χ4v) is 3.01. The van der Waals surface area contributed by atoms with Gasteiger partial charge in [-0.1, -0.05) is 6.07 Å². The molecule has 0 saturated heterocycles. The SMILES string of the molecule is CCOC(=O)c1c(C)[nH]c(C(=O)C(C#N)=Cc2ccc(OC(F)F)c(OCC)c2)c1C. The number of nitriles is 1. The van der Waals surface area contributed by atoms with Gasteiger partial charge in [-0.05, 0) is 57.0 Å². The number of carbonyl (C=O) groups is 2. The van der Waals surface area contributed by atoms with E-state index in [-0.39, 0.29) is 41.5 Å². The number of benzene rings is 1. The summed E-state index contributed by atoms with van der Waals surface area (Å²) in [6, 6.07) is 5.92. The minimum absolute atomic E-state index is 0.0535. The summed E-state index contributed by atoms with van der Waals surface area (Å²) in [5.74, 6) is -1.29. The van der Waals surface area contributed by atoms with Gasteiger partial charge in [-0.3, -0.25) is 4.79 Å². The predicted molar refractivity (Wildman–Crippen MR) is 108 cm³/mol. The molecule has 31 heavy (non-hydrogen) atoms. The normalized spacial score (nSPS) is 11.2. The lowest BCUT2D eigenvalue weighted by Gasteiger charge is -2.11. The number of alkyl halides is 2. The van der Waals surface area contributed by atoms with Gasteiger partial charge in [-0.2, -0.15) is 14.0 Å². The second-order valence-electron chi connectivity index (χ2n) is 6.36. The Balaban J connectivity index is 2.43. The molecular formula is C22H22F2N2O5. The summed E-state index contributed by atoms with van der Waals surface area (Å²) in [6.45, 7) is 3.92. The average Bonchev–Trinajstić information content (AvgIpc) is 3.01. The number of nitrogens with one attached hydrogen (secondary N) is 1. The van der Waals surface area contributed by atoms with Crippen molar-refractivity contribution in [1.82, 2.24) is 4.98 Å². The lowest BCUT2D eigenvalue weighted by Crippen LogP contribution is -2.08. The number of aromatic amines is 1. The minimum atomic E-state index is -3.02. The first-order valence-corrected chi connectivity index (χ1v) is 9.47. The topological polar surface area (TPSA) is 101 Å². The van der Waals surface area contributed by atoms with Crippen LogP contribution in [0.3, 0.4) is 0 Å². The maximum atomic E-state index is 12.9. The van der Waals surface area contributed by atoms with Crippen LogP contribution in [-0.4, -0.2) is 36.6 Å². The van der Waals surface area contributed by atoms with Crippen molar-refractivity contribution in [1.29, 1.82) is 5.26 Å². The van der Waals surface area contributed by atoms with Gasteiger partial charge >= 0.3 is 12.6 Å². The first-order valence-electron chi connectivity index (χ1n) is 9.47. The Kier molecular flexibility index (Phi) is 7.91. The van der Waals surface area contributed by atoms with E-state index in [1.807, 2.05) is 6.07 Å². The number of aryl methyl sites for hydroxylation is 1. The molecule has 2 aromatic rings. The number of H-pyrrole nitrogens is 1. The Morgan fingerprint density at radius 2 is 1.90 bits per heavy atom. The van der Waals surface area contributed by atoms with E-state index in [9.17, 15) is 23.6 Å². The quantitative estimate of drug-likeness (QED) is 0.269. The van der Waals surface area contributed by atoms with Crippen LogP contribution in [0, 0.1) is 25.2 Å². The third-order valence-corrected chi connectivity index (χ3v) is 4.30. The molecule has 1 aromatic carbocycles. The maximum absolute atomic E-state index is 12.9. The molecule has 0 amide bonds. The summed E-state index contributed by atoms with van der Waals surface area (Å²) in [7, 11) is 0. The third kappa shape index (κ3) is 5.48. The number of Topliss-reactive ketones (excluding diaryl/α,β-unsaturated/α-hetero) is 1. The van der Waals surface area contributed by atoms with Crippen LogP contribution in [0.15, 0.2) is 23.8 Å². The molecular weight excluding hydrogens is 410 g/mol. The highest BCUT2D eigenvalue weighted by Gasteiger charge is 2.25. The molecule has 1 heterocycles. The third-order valence-electron chi connectivity index (χ3n) is 4.30. The molecule has 2 rings (SSSR count). The second kappa shape index (κ2) is 10.4. The summed E-state index contributed by atoms with van der Waals surface area (Å²) < 4.78 is 39.9. The smallest absolute Gasteiger partial charge is 0.387 e. The maximum Gasteiger partial charge on any atom is 0.387 e. The van der Waals surface area contributed by atoms with Gasteiger partial charge in [-0.25, -0.2) is 4.79 Å². The van der Waals surface area contributed by atoms with Crippen LogP contribution in [0.25, 0.3) is 6.08 Å². The second-order valence-corrected chi connectivity index (χ2v) is 6.36. The van der Waals surface area contributed by atoms with E-state index in [2.05, 4.69) is 9.72 Å². The van der Waals surface area contributed by atoms with Crippen molar-refractivity contribution in [3.8, 4) is 17.6 Å². The fourth-order valence-electron chi connectivity index (χ4n) is 3.01. The van der Waals surface area contributed by atoms with E-state index in [0.717, 1.165) is 0 Å². The van der Waals surface area contributed by atoms with Crippen LogP contribution >= 0.6 is 0 Å². The summed E-state index contributed by atoms with van der Waals surface area (Å²) in [6.07, 6.45) is 1.30. The van der Waals surface area contributed by atoms with Crippen molar-refractivity contribution in [3.05, 3.63) is 51.9 Å². The van der Waals surface area contributed by atoms with Crippen molar-refractivity contribution in [2.24, 2.45) is 0 Å². The largest absolute Gasteiger partial charge is 0.490 e. The number of halogens is 2. The van der Waals surface area contributed by atoms with Gasteiger partial charge in [0.2, 0.25) is 5.78 Å². The zero-order valence-corrected chi connectivity index (χ0v) is 17.5. The highest BCUT2D eigenvalue weighted by molar-refractivity contribution is 6.15. The van der Waals surface area contributed by atoms with E-state index in [4.69, 9.17) is 9.47 Å². The van der Waals surface area contributed by atoms with Gasteiger partial charge in [0.05, 0.1) is 24.5 Å².